The van der Waals surface area contributed by atoms with Crippen molar-refractivity contribution in [2.24, 2.45) is 0 Å². The van der Waals surface area contributed by atoms with Gasteiger partial charge in [0, 0.05) is 13.2 Å². The molecule has 6 heteroatoms. The zero-order chi connectivity index (χ0) is 15.5. The van der Waals surface area contributed by atoms with Crippen molar-refractivity contribution in [1.29, 1.82) is 0 Å². The van der Waals surface area contributed by atoms with E-state index in [0.717, 1.165) is 30.7 Å². The number of aromatic carboxylic acids is 1. The molecule has 6 nitrogen and oxygen atoms in total. The molecule has 0 aromatic carbocycles. The van der Waals surface area contributed by atoms with Crippen LogP contribution in [0, 0.1) is 0 Å². The number of aromatic nitrogens is 2. The van der Waals surface area contributed by atoms with E-state index in [1.165, 1.54) is 0 Å². The molecular formula is C15H23N3O3. The average Bonchev–Trinajstić information content (AvgIpc) is 2.90. The standard InChI is InChI=1S/C15H23N3O3/c1-4-10-11(5-2)17-18-13(12(10)14(19)20)16-9-15(3)7-6-8-21-15/h4-9H2,1-3H3,(H,16,18)(H,19,20). The highest BCUT2D eigenvalue weighted by Crippen LogP contribution is 2.27. The maximum atomic E-state index is 11.6. The number of ether oxygens (including phenoxy) is 1. The molecule has 21 heavy (non-hydrogen) atoms. The lowest BCUT2D eigenvalue weighted by molar-refractivity contribution is 0.0314. The first kappa shape index (κ1) is 15.7. The van der Waals surface area contributed by atoms with Crippen LogP contribution in [0.4, 0.5) is 5.82 Å². The van der Waals surface area contributed by atoms with Crippen molar-refractivity contribution in [1.82, 2.24) is 10.2 Å². The molecule has 0 spiro atoms. The van der Waals surface area contributed by atoms with Crippen molar-refractivity contribution in [3.63, 3.8) is 0 Å². The predicted molar refractivity (Wildman–Crippen MR) is 79.8 cm³/mol. The van der Waals surface area contributed by atoms with E-state index in [9.17, 15) is 9.90 Å². The fourth-order valence-corrected chi connectivity index (χ4v) is 2.77. The lowest BCUT2D eigenvalue weighted by Crippen LogP contribution is -2.33. The molecule has 1 aromatic rings. The summed E-state index contributed by atoms with van der Waals surface area (Å²) in [5.74, 6) is -0.621. The van der Waals surface area contributed by atoms with Gasteiger partial charge in [0.05, 0.1) is 11.3 Å². The highest BCUT2D eigenvalue weighted by molar-refractivity contribution is 5.95. The number of nitrogens with one attached hydrogen (secondary N) is 1. The summed E-state index contributed by atoms with van der Waals surface area (Å²) >= 11 is 0. The minimum Gasteiger partial charge on any atom is -0.478 e. The molecule has 1 saturated heterocycles. The van der Waals surface area contributed by atoms with E-state index in [2.05, 4.69) is 15.5 Å². The van der Waals surface area contributed by atoms with E-state index in [1.807, 2.05) is 20.8 Å². The molecule has 1 unspecified atom stereocenters. The van der Waals surface area contributed by atoms with E-state index in [-0.39, 0.29) is 11.2 Å². The highest BCUT2D eigenvalue weighted by atomic mass is 16.5. The minimum absolute atomic E-state index is 0.242. The second kappa shape index (κ2) is 6.39. The maximum Gasteiger partial charge on any atom is 0.339 e. The molecule has 1 atom stereocenters. The number of carboxylic acids is 1. The molecular weight excluding hydrogens is 270 g/mol. The smallest absolute Gasteiger partial charge is 0.339 e. The molecule has 0 saturated carbocycles. The number of anilines is 1. The zero-order valence-electron chi connectivity index (χ0n) is 12.9. The topological polar surface area (TPSA) is 84.3 Å². The lowest BCUT2D eigenvalue weighted by atomic mass is 10.0. The quantitative estimate of drug-likeness (QED) is 0.837. The van der Waals surface area contributed by atoms with Gasteiger partial charge in [-0.1, -0.05) is 13.8 Å². The predicted octanol–water partition coefficient (Wildman–Crippen LogP) is 2.28. The Morgan fingerprint density at radius 2 is 2.14 bits per heavy atom. The SMILES string of the molecule is CCc1nnc(NCC2(C)CCCO2)c(C(=O)O)c1CC. The van der Waals surface area contributed by atoms with Crippen molar-refractivity contribution < 1.29 is 14.6 Å². The van der Waals surface area contributed by atoms with Gasteiger partial charge < -0.3 is 15.2 Å². The van der Waals surface area contributed by atoms with Gasteiger partial charge in [-0.2, -0.15) is 5.10 Å². The summed E-state index contributed by atoms with van der Waals surface area (Å²) in [5, 5.41) is 20.9. The zero-order valence-corrected chi connectivity index (χ0v) is 12.9. The number of carbonyl (C=O) groups is 1. The first-order valence-corrected chi connectivity index (χ1v) is 7.50. The van der Waals surface area contributed by atoms with Crippen LogP contribution < -0.4 is 5.32 Å². The molecule has 0 bridgehead atoms. The molecule has 0 aliphatic carbocycles. The van der Waals surface area contributed by atoms with Gasteiger partial charge in [-0.05, 0) is 38.2 Å². The Morgan fingerprint density at radius 3 is 2.67 bits per heavy atom. The molecule has 1 aliphatic heterocycles. The molecule has 1 fully saturated rings. The van der Waals surface area contributed by atoms with Gasteiger partial charge in [0.1, 0.15) is 5.56 Å². The van der Waals surface area contributed by atoms with Gasteiger partial charge in [0.15, 0.2) is 5.82 Å². The van der Waals surface area contributed by atoms with Crippen LogP contribution >= 0.6 is 0 Å². The van der Waals surface area contributed by atoms with Crippen LogP contribution in [0.2, 0.25) is 0 Å². The van der Waals surface area contributed by atoms with Crippen LogP contribution in [0.5, 0.6) is 0 Å². The second-order valence-electron chi connectivity index (χ2n) is 5.62. The molecule has 1 aromatic heterocycles. The Balaban J connectivity index is 2.28. The molecule has 0 amide bonds. The Kier molecular flexibility index (Phi) is 4.77. The molecule has 2 rings (SSSR count). The Hall–Kier alpha value is -1.69. The van der Waals surface area contributed by atoms with E-state index in [1.54, 1.807) is 0 Å². The van der Waals surface area contributed by atoms with Crippen molar-refractivity contribution in [2.45, 2.75) is 52.1 Å². The van der Waals surface area contributed by atoms with E-state index < -0.39 is 5.97 Å². The third-order valence-corrected chi connectivity index (χ3v) is 3.99. The average molecular weight is 293 g/mol. The Morgan fingerprint density at radius 1 is 1.38 bits per heavy atom. The summed E-state index contributed by atoms with van der Waals surface area (Å²) < 4.78 is 5.71. The summed E-state index contributed by atoms with van der Waals surface area (Å²) in [5.41, 5.74) is 1.50. The van der Waals surface area contributed by atoms with Crippen LogP contribution in [-0.2, 0) is 17.6 Å². The van der Waals surface area contributed by atoms with Crippen molar-refractivity contribution in [2.75, 3.05) is 18.5 Å². The van der Waals surface area contributed by atoms with E-state index >= 15 is 0 Å². The third kappa shape index (κ3) is 3.32. The monoisotopic (exact) mass is 293 g/mol. The van der Waals surface area contributed by atoms with Gasteiger partial charge in [-0.3, -0.25) is 0 Å². The number of hydrogen-bond acceptors (Lipinski definition) is 5. The van der Waals surface area contributed by atoms with Crippen molar-refractivity contribution >= 4 is 11.8 Å². The van der Waals surface area contributed by atoms with Crippen LogP contribution in [0.15, 0.2) is 0 Å². The van der Waals surface area contributed by atoms with Crippen molar-refractivity contribution in [3.8, 4) is 0 Å². The maximum absolute atomic E-state index is 11.6. The van der Waals surface area contributed by atoms with Gasteiger partial charge in [-0.25, -0.2) is 4.79 Å². The summed E-state index contributed by atoms with van der Waals surface area (Å²) in [6, 6.07) is 0. The van der Waals surface area contributed by atoms with Crippen LogP contribution in [0.25, 0.3) is 0 Å². The van der Waals surface area contributed by atoms with Crippen LogP contribution in [-0.4, -0.2) is 40.0 Å². The first-order valence-electron chi connectivity index (χ1n) is 7.50. The summed E-state index contributed by atoms with van der Waals surface area (Å²) in [4.78, 5) is 11.6. The lowest BCUT2D eigenvalue weighted by Gasteiger charge is -2.24. The first-order chi connectivity index (χ1) is 10.0. The molecule has 116 valence electrons. The van der Waals surface area contributed by atoms with Gasteiger partial charge in [0.25, 0.3) is 0 Å². The number of rotatable bonds is 6. The van der Waals surface area contributed by atoms with Gasteiger partial charge in [0.2, 0.25) is 0 Å². The Bertz CT molecular complexity index is 525. The summed E-state index contributed by atoms with van der Waals surface area (Å²) in [7, 11) is 0. The molecule has 0 radical (unpaired) electrons. The number of aryl methyl sites for hydroxylation is 1. The fourth-order valence-electron chi connectivity index (χ4n) is 2.77. The van der Waals surface area contributed by atoms with E-state index in [0.29, 0.717) is 25.2 Å². The van der Waals surface area contributed by atoms with Crippen molar-refractivity contribution in [3.05, 3.63) is 16.8 Å². The minimum atomic E-state index is -0.962. The molecule has 2 heterocycles. The van der Waals surface area contributed by atoms with Crippen LogP contribution in [0.3, 0.4) is 0 Å². The van der Waals surface area contributed by atoms with E-state index in [4.69, 9.17) is 4.74 Å². The molecule has 2 N–H and O–H groups in total. The second-order valence-corrected chi connectivity index (χ2v) is 5.62. The summed E-state index contributed by atoms with van der Waals surface area (Å²) in [6.45, 7) is 7.21. The number of nitrogens with zero attached hydrogens (tertiary/aromatic N) is 2. The highest BCUT2D eigenvalue weighted by Gasteiger charge is 2.30. The fraction of sp³-hybridized carbons (Fsp3) is 0.667. The van der Waals surface area contributed by atoms with Gasteiger partial charge in [-0.15, -0.1) is 5.10 Å². The Labute approximate surface area is 124 Å². The summed E-state index contributed by atoms with van der Waals surface area (Å²) in [6.07, 6.45) is 3.30. The largest absolute Gasteiger partial charge is 0.478 e. The van der Waals surface area contributed by atoms with Gasteiger partial charge >= 0.3 is 5.97 Å². The normalized spacial score (nSPS) is 21.5. The number of hydrogen-bond donors (Lipinski definition) is 2. The van der Waals surface area contributed by atoms with Crippen LogP contribution in [0.1, 0.15) is 55.2 Å². The molecule has 1 aliphatic rings. The third-order valence-electron chi connectivity index (χ3n) is 3.99. The number of carboxylic acid groups (broad SMARTS) is 1.